The first kappa shape index (κ1) is 20.6. The van der Waals surface area contributed by atoms with Crippen molar-refractivity contribution in [3.8, 4) is 0 Å². The van der Waals surface area contributed by atoms with E-state index < -0.39 is 24.0 Å². The fourth-order valence-corrected chi connectivity index (χ4v) is 3.02. The summed E-state index contributed by atoms with van der Waals surface area (Å²) in [5.74, 6) is -2.10. The molecule has 1 aromatic heterocycles. The van der Waals surface area contributed by atoms with Crippen LogP contribution in [0.1, 0.15) is 35.0 Å². The molecule has 0 aliphatic carbocycles. The van der Waals surface area contributed by atoms with Gasteiger partial charge >= 0.3 is 5.97 Å². The Labute approximate surface area is 161 Å². The maximum absolute atomic E-state index is 12.1. The summed E-state index contributed by atoms with van der Waals surface area (Å²) >= 11 is 1.66. The number of aliphatic carboxylic acids is 1. The second kappa shape index (κ2) is 9.29. The standard InChI is InChI=1S/C19H22N2O5S/c1-19(26,18(24)25)12-20-17(23)13-5-2-6-14(11-13)21-16(22)9-3-7-15-8-4-10-27-15/h2,4-6,8,10-11,26H,3,7,9,12H2,1H3,(H,20,23)(H,21,22)(H,24,25). The van der Waals surface area contributed by atoms with Crippen LogP contribution in [0.2, 0.25) is 0 Å². The van der Waals surface area contributed by atoms with E-state index in [0.717, 1.165) is 19.8 Å². The lowest BCUT2D eigenvalue weighted by atomic mass is 10.1. The maximum atomic E-state index is 12.1. The van der Waals surface area contributed by atoms with Gasteiger partial charge in [-0.15, -0.1) is 11.3 Å². The summed E-state index contributed by atoms with van der Waals surface area (Å²) in [5, 5.41) is 25.6. The molecule has 2 aromatic rings. The Morgan fingerprint density at radius 1 is 1.19 bits per heavy atom. The Bertz CT molecular complexity index is 802. The highest BCUT2D eigenvalue weighted by atomic mass is 32.1. The van der Waals surface area contributed by atoms with Crippen LogP contribution >= 0.6 is 11.3 Å². The highest BCUT2D eigenvalue weighted by Crippen LogP contribution is 2.14. The van der Waals surface area contributed by atoms with E-state index in [1.165, 1.54) is 17.0 Å². The molecule has 0 bridgehead atoms. The van der Waals surface area contributed by atoms with Crippen molar-refractivity contribution in [1.29, 1.82) is 0 Å². The minimum atomic E-state index is -2.05. The molecule has 27 heavy (non-hydrogen) atoms. The van der Waals surface area contributed by atoms with Crippen molar-refractivity contribution in [3.05, 3.63) is 52.2 Å². The number of benzene rings is 1. The molecule has 0 spiro atoms. The van der Waals surface area contributed by atoms with Gasteiger partial charge in [-0.05, 0) is 49.4 Å². The third-order valence-corrected chi connectivity index (χ3v) is 4.81. The van der Waals surface area contributed by atoms with Gasteiger partial charge in [0.05, 0.1) is 6.54 Å². The Kier molecular flexibility index (Phi) is 7.09. The lowest BCUT2D eigenvalue weighted by molar-refractivity contribution is -0.155. The predicted octanol–water partition coefficient (Wildman–Crippen LogP) is 2.27. The number of carbonyl (C=O) groups excluding carboxylic acids is 2. The molecule has 1 unspecified atom stereocenters. The van der Waals surface area contributed by atoms with Crippen molar-refractivity contribution in [1.82, 2.24) is 5.32 Å². The van der Waals surface area contributed by atoms with Crippen LogP contribution in [-0.4, -0.2) is 40.1 Å². The molecule has 7 nitrogen and oxygen atoms in total. The second-order valence-electron chi connectivity index (χ2n) is 6.32. The smallest absolute Gasteiger partial charge is 0.337 e. The number of aliphatic hydroxyl groups is 1. The molecule has 1 heterocycles. The summed E-state index contributed by atoms with van der Waals surface area (Å²) in [6.45, 7) is 0.670. The number of carboxylic acid groups (broad SMARTS) is 1. The topological polar surface area (TPSA) is 116 Å². The first-order chi connectivity index (χ1) is 12.8. The number of thiophene rings is 1. The monoisotopic (exact) mass is 390 g/mol. The number of aryl methyl sites for hydroxylation is 1. The molecule has 1 aromatic carbocycles. The lowest BCUT2D eigenvalue weighted by Gasteiger charge is -2.18. The number of rotatable bonds is 9. The number of anilines is 1. The SMILES string of the molecule is CC(O)(CNC(=O)c1cccc(NC(=O)CCCc2cccs2)c1)C(=O)O. The number of carbonyl (C=O) groups is 3. The highest BCUT2D eigenvalue weighted by molar-refractivity contribution is 7.09. The average molecular weight is 390 g/mol. The van der Waals surface area contributed by atoms with Gasteiger partial charge in [-0.25, -0.2) is 4.79 Å². The Hall–Kier alpha value is -2.71. The van der Waals surface area contributed by atoms with E-state index in [-0.39, 0.29) is 11.5 Å². The van der Waals surface area contributed by atoms with E-state index in [0.29, 0.717) is 12.1 Å². The van der Waals surface area contributed by atoms with Gasteiger partial charge in [0.25, 0.3) is 5.91 Å². The molecule has 0 radical (unpaired) electrons. The van der Waals surface area contributed by atoms with E-state index in [9.17, 15) is 19.5 Å². The van der Waals surface area contributed by atoms with E-state index >= 15 is 0 Å². The van der Waals surface area contributed by atoms with Gasteiger partial charge in [0.1, 0.15) is 0 Å². The van der Waals surface area contributed by atoms with Crippen molar-refractivity contribution in [2.45, 2.75) is 31.8 Å². The highest BCUT2D eigenvalue weighted by Gasteiger charge is 2.30. The van der Waals surface area contributed by atoms with Crippen molar-refractivity contribution in [2.24, 2.45) is 0 Å². The van der Waals surface area contributed by atoms with E-state index in [1.54, 1.807) is 23.5 Å². The molecule has 0 saturated heterocycles. The van der Waals surface area contributed by atoms with Crippen LogP contribution in [0.5, 0.6) is 0 Å². The third-order valence-electron chi connectivity index (χ3n) is 3.87. The van der Waals surface area contributed by atoms with Crippen LogP contribution in [-0.2, 0) is 16.0 Å². The van der Waals surface area contributed by atoms with Crippen LogP contribution in [0.4, 0.5) is 5.69 Å². The fourth-order valence-electron chi connectivity index (χ4n) is 2.27. The predicted molar refractivity (Wildman–Crippen MR) is 103 cm³/mol. The van der Waals surface area contributed by atoms with Crippen LogP contribution in [0, 0.1) is 0 Å². The zero-order valence-corrected chi connectivity index (χ0v) is 15.7. The molecule has 0 aliphatic heterocycles. The molecule has 2 rings (SSSR count). The van der Waals surface area contributed by atoms with Crippen molar-refractivity contribution in [3.63, 3.8) is 0 Å². The molecule has 8 heteroatoms. The molecular weight excluding hydrogens is 368 g/mol. The molecule has 2 amide bonds. The maximum Gasteiger partial charge on any atom is 0.337 e. The molecule has 4 N–H and O–H groups in total. The van der Waals surface area contributed by atoms with Crippen LogP contribution in [0.15, 0.2) is 41.8 Å². The van der Waals surface area contributed by atoms with Gasteiger partial charge in [-0.2, -0.15) is 0 Å². The summed E-state index contributed by atoms with van der Waals surface area (Å²) in [4.78, 5) is 36.3. The summed E-state index contributed by atoms with van der Waals surface area (Å²) in [5.41, 5.74) is -1.31. The lowest BCUT2D eigenvalue weighted by Crippen LogP contribution is -2.46. The number of nitrogens with one attached hydrogen (secondary N) is 2. The summed E-state index contributed by atoms with van der Waals surface area (Å²) in [6, 6.07) is 10.3. The third kappa shape index (κ3) is 6.50. The van der Waals surface area contributed by atoms with Gasteiger partial charge in [-0.3, -0.25) is 9.59 Å². The molecule has 0 fully saturated rings. The van der Waals surface area contributed by atoms with Crippen LogP contribution in [0.3, 0.4) is 0 Å². The number of carboxylic acids is 1. The molecule has 0 saturated carbocycles. The average Bonchev–Trinajstić information content (AvgIpc) is 3.13. The second-order valence-corrected chi connectivity index (χ2v) is 7.36. The number of hydrogen-bond donors (Lipinski definition) is 4. The number of hydrogen-bond acceptors (Lipinski definition) is 5. The molecule has 1 atom stereocenters. The fraction of sp³-hybridized carbons (Fsp3) is 0.316. The Balaban J connectivity index is 1.85. The Morgan fingerprint density at radius 3 is 2.63 bits per heavy atom. The molecular formula is C19H22N2O5S. The van der Waals surface area contributed by atoms with Crippen LogP contribution < -0.4 is 10.6 Å². The Morgan fingerprint density at radius 2 is 1.96 bits per heavy atom. The molecule has 0 aliphatic rings. The normalized spacial score (nSPS) is 12.8. The molecule has 144 valence electrons. The van der Waals surface area contributed by atoms with Gasteiger partial charge in [0, 0.05) is 22.5 Å². The van der Waals surface area contributed by atoms with Crippen molar-refractivity contribution in [2.75, 3.05) is 11.9 Å². The minimum Gasteiger partial charge on any atom is -0.479 e. The minimum absolute atomic E-state index is 0.141. The first-order valence-corrected chi connectivity index (χ1v) is 9.32. The van der Waals surface area contributed by atoms with E-state index in [2.05, 4.69) is 10.6 Å². The van der Waals surface area contributed by atoms with Gasteiger partial charge in [-0.1, -0.05) is 12.1 Å². The zero-order chi connectivity index (χ0) is 19.9. The first-order valence-electron chi connectivity index (χ1n) is 8.44. The van der Waals surface area contributed by atoms with Gasteiger partial charge in [0.2, 0.25) is 5.91 Å². The summed E-state index contributed by atoms with van der Waals surface area (Å²) in [7, 11) is 0. The summed E-state index contributed by atoms with van der Waals surface area (Å²) in [6.07, 6.45) is 1.95. The number of amides is 2. The summed E-state index contributed by atoms with van der Waals surface area (Å²) < 4.78 is 0. The quantitative estimate of drug-likeness (QED) is 0.524. The van der Waals surface area contributed by atoms with Crippen molar-refractivity contribution >= 4 is 34.8 Å². The van der Waals surface area contributed by atoms with E-state index in [4.69, 9.17) is 5.11 Å². The van der Waals surface area contributed by atoms with Gasteiger partial charge in [0.15, 0.2) is 5.60 Å². The van der Waals surface area contributed by atoms with Gasteiger partial charge < -0.3 is 20.8 Å². The van der Waals surface area contributed by atoms with Crippen molar-refractivity contribution < 1.29 is 24.6 Å². The largest absolute Gasteiger partial charge is 0.479 e. The zero-order valence-electron chi connectivity index (χ0n) is 14.9. The van der Waals surface area contributed by atoms with E-state index in [1.807, 2.05) is 17.5 Å². The van der Waals surface area contributed by atoms with Crippen LogP contribution in [0.25, 0.3) is 0 Å².